The molecule has 0 spiro atoms. The molecular formula is C20H24N2O2S2. The normalized spacial score (nSPS) is 14.2. The lowest BCUT2D eigenvalue weighted by atomic mass is 10.0. The summed E-state index contributed by atoms with van der Waals surface area (Å²) < 4.78 is 5.32. The highest BCUT2D eigenvalue weighted by Crippen LogP contribution is 2.40. The third-order valence-electron chi connectivity index (χ3n) is 4.54. The zero-order valence-electron chi connectivity index (χ0n) is 15.1. The van der Waals surface area contributed by atoms with Crippen LogP contribution in [-0.2, 0) is 4.74 Å². The molecule has 1 saturated carbocycles. The highest BCUT2D eigenvalue weighted by molar-refractivity contribution is 7.80. The standard InChI is InChI=1S/C20H24N2O2S2/c1-3-24-19(23)17-16(14-9-5-4-6-10-14)13(2)26-18(17)22-20(25)21-15-11-7-8-12-15/h4-6,9-10,15H,3,7-8,11-12H2,1-2H3,(H2,21,22,25). The van der Waals surface area contributed by atoms with Gasteiger partial charge in [-0.1, -0.05) is 43.2 Å². The van der Waals surface area contributed by atoms with Crippen LogP contribution in [0.15, 0.2) is 30.3 Å². The Morgan fingerprint density at radius 2 is 1.96 bits per heavy atom. The van der Waals surface area contributed by atoms with Crippen molar-refractivity contribution in [3.8, 4) is 11.1 Å². The Morgan fingerprint density at radius 3 is 2.62 bits per heavy atom. The number of rotatable bonds is 5. The van der Waals surface area contributed by atoms with E-state index in [1.54, 1.807) is 0 Å². The number of thiocarbonyl (C=S) groups is 1. The summed E-state index contributed by atoms with van der Waals surface area (Å²) in [6, 6.07) is 10.4. The molecule has 2 aromatic rings. The molecule has 3 rings (SSSR count). The summed E-state index contributed by atoms with van der Waals surface area (Å²) in [6.07, 6.45) is 4.77. The largest absolute Gasteiger partial charge is 0.462 e. The minimum Gasteiger partial charge on any atom is -0.462 e. The maximum Gasteiger partial charge on any atom is 0.341 e. The number of nitrogens with one attached hydrogen (secondary N) is 2. The molecule has 1 aromatic carbocycles. The number of aryl methyl sites for hydroxylation is 1. The van der Waals surface area contributed by atoms with E-state index >= 15 is 0 Å². The summed E-state index contributed by atoms with van der Waals surface area (Å²) in [5.74, 6) is -0.318. The van der Waals surface area contributed by atoms with Crippen LogP contribution < -0.4 is 10.6 Å². The summed E-state index contributed by atoms with van der Waals surface area (Å²) in [4.78, 5) is 13.7. The summed E-state index contributed by atoms with van der Waals surface area (Å²) in [7, 11) is 0. The van der Waals surface area contributed by atoms with E-state index in [9.17, 15) is 4.79 Å². The van der Waals surface area contributed by atoms with E-state index in [1.165, 1.54) is 24.2 Å². The minimum atomic E-state index is -0.318. The molecule has 138 valence electrons. The number of carbonyl (C=O) groups is 1. The molecule has 0 bridgehead atoms. The van der Waals surface area contributed by atoms with E-state index in [1.807, 2.05) is 44.2 Å². The van der Waals surface area contributed by atoms with Gasteiger partial charge in [-0.05, 0) is 44.5 Å². The molecule has 0 saturated heterocycles. The topological polar surface area (TPSA) is 50.4 Å². The molecule has 0 aliphatic heterocycles. The summed E-state index contributed by atoms with van der Waals surface area (Å²) in [6.45, 7) is 4.18. The second-order valence-electron chi connectivity index (χ2n) is 6.40. The highest BCUT2D eigenvalue weighted by atomic mass is 32.1. The molecule has 1 aromatic heterocycles. The quantitative estimate of drug-likeness (QED) is 0.549. The monoisotopic (exact) mass is 388 g/mol. The van der Waals surface area contributed by atoms with Crippen LogP contribution in [0.1, 0.15) is 47.8 Å². The Bertz CT molecular complexity index is 781. The Labute approximate surface area is 164 Å². The fourth-order valence-electron chi connectivity index (χ4n) is 3.38. The number of anilines is 1. The molecule has 2 N–H and O–H groups in total. The van der Waals surface area contributed by atoms with Crippen LogP contribution in [-0.4, -0.2) is 23.7 Å². The number of thiophene rings is 1. The number of ether oxygens (including phenoxy) is 1. The van der Waals surface area contributed by atoms with Gasteiger partial charge in [0, 0.05) is 16.5 Å². The van der Waals surface area contributed by atoms with E-state index < -0.39 is 0 Å². The van der Waals surface area contributed by atoms with Gasteiger partial charge in [0.2, 0.25) is 0 Å². The smallest absolute Gasteiger partial charge is 0.341 e. The van der Waals surface area contributed by atoms with Crippen molar-refractivity contribution < 1.29 is 9.53 Å². The second-order valence-corrected chi connectivity index (χ2v) is 8.04. The van der Waals surface area contributed by atoms with Gasteiger partial charge >= 0.3 is 5.97 Å². The van der Waals surface area contributed by atoms with Crippen LogP contribution in [0.5, 0.6) is 0 Å². The maximum atomic E-state index is 12.7. The molecule has 26 heavy (non-hydrogen) atoms. The lowest BCUT2D eigenvalue weighted by Gasteiger charge is -2.16. The second kappa shape index (κ2) is 8.64. The van der Waals surface area contributed by atoms with E-state index in [0.29, 0.717) is 23.3 Å². The van der Waals surface area contributed by atoms with Crippen LogP contribution in [0.25, 0.3) is 11.1 Å². The van der Waals surface area contributed by atoms with E-state index in [-0.39, 0.29) is 5.97 Å². The van der Waals surface area contributed by atoms with E-state index in [2.05, 4.69) is 10.6 Å². The summed E-state index contributed by atoms with van der Waals surface area (Å²) >= 11 is 7.02. The number of carbonyl (C=O) groups excluding carboxylic acids is 1. The van der Waals surface area contributed by atoms with Crippen molar-refractivity contribution in [1.29, 1.82) is 0 Å². The Hall–Kier alpha value is -1.92. The lowest BCUT2D eigenvalue weighted by Crippen LogP contribution is -2.36. The predicted octanol–water partition coefficient (Wildman–Crippen LogP) is 5.13. The van der Waals surface area contributed by atoms with Crippen molar-refractivity contribution in [3.05, 3.63) is 40.8 Å². The number of esters is 1. The maximum absolute atomic E-state index is 12.7. The molecule has 0 amide bonds. The van der Waals surface area contributed by atoms with Crippen LogP contribution >= 0.6 is 23.6 Å². The van der Waals surface area contributed by atoms with E-state index in [4.69, 9.17) is 17.0 Å². The van der Waals surface area contributed by atoms with Crippen molar-refractivity contribution in [2.75, 3.05) is 11.9 Å². The van der Waals surface area contributed by atoms with Gasteiger partial charge in [0.25, 0.3) is 0 Å². The summed E-state index contributed by atoms with van der Waals surface area (Å²) in [5.41, 5.74) is 2.49. The highest BCUT2D eigenvalue weighted by Gasteiger charge is 2.25. The molecule has 0 unspecified atom stereocenters. The number of hydrogen-bond acceptors (Lipinski definition) is 4. The van der Waals surface area contributed by atoms with Crippen molar-refractivity contribution in [1.82, 2.24) is 5.32 Å². The van der Waals surface area contributed by atoms with Gasteiger partial charge in [-0.2, -0.15) is 0 Å². The molecule has 1 heterocycles. The first-order valence-electron chi connectivity index (χ1n) is 9.03. The Morgan fingerprint density at radius 1 is 1.27 bits per heavy atom. The van der Waals surface area contributed by atoms with Crippen molar-refractivity contribution in [2.45, 2.75) is 45.6 Å². The van der Waals surface area contributed by atoms with Gasteiger partial charge < -0.3 is 15.4 Å². The SMILES string of the molecule is CCOC(=O)c1c(NC(=S)NC2CCCC2)sc(C)c1-c1ccccc1. The third-order valence-corrected chi connectivity index (χ3v) is 5.78. The molecule has 0 atom stereocenters. The lowest BCUT2D eigenvalue weighted by molar-refractivity contribution is 0.0529. The number of benzene rings is 1. The first-order chi connectivity index (χ1) is 12.6. The fourth-order valence-corrected chi connectivity index (χ4v) is 4.78. The molecule has 0 radical (unpaired) electrons. The Kier molecular flexibility index (Phi) is 6.27. The molecule has 4 nitrogen and oxygen atoms in total. The van der Waals surface area contributed by atoms with Gasteiger partial charge in [0.15, 0.2) is 5.11 Å². The molecule has 1 fully saturated rings. The summed E-state index contributed by atoms with van der Waals surface area (Å²) in [5, 5.41) is 7.93. The first-order valence-corrected chi connectivity index (χ1v) is 10.3. The van der Waals surface area contributed by atoms with Crippen molar-refractivity contribution >= 4 is 39.6 Å². The molecule has 1 aliphatic carbocycles. The third kappa shape index (κ3) is 4.24. The van der Waals surface area contributed by atoms with Gasteiger partial charge in [-0.25, -0.2) is 4.79 Å². The molecule has 6 heteroatoms. The van der Waals surface area contributed by atoms with Gasteiger partial charge in [-0.3, -0.25) is 0 Å². The van der Waals surface area contributed by atoms with Gasteiger partial charge in [0.05, 0.1) is 6.61 Å². The zero-order valence-corrected chi connectivity index (χ0v) is 16.8. The zero-order chi connectivity index (χ0) is 18.5. The molecular weight excluding hydrogens is 364 g/mol. The Balaban J connectivity index is 1.91. The minimum absolute atomic E-state index is 0.318. The number of hydrogen-bond donors (Lipinski definition) is 2. The van der Waals surface area contributed by atoms with Crippen LogP contribution in [0.4, 0.5) is 5.00 Å². The average Bonchev–Trinajstić information content (AvgIpc) is 3.23. The molecule has 1 aliphatic rings. The van der Waals surface area contributed by atoms with Crippen molar-refractivity contribution in [3.63, 3.8) is 0 Å². The van der Waals surface area contributed by atoms with Crippen LogP contribution in [0.2, 0.25) is 0 Å². The van der Waals surface area contributed by atoms with E-state index in [0.717, 1.165) is 33.8 Å². The fraction of sp³-hybridized carbons (Fsp3) is 0.400. The van der Waals surface area contributed by atoms with Crippen LogP contribution in [0, 0.1) is 6.92 Å². The van der Waals surface area contributed by atoms with Gasteiger partial charge in [-0.15, -0.1) is 11.3 Å². The average molecular weight is 389 g/mol. The van der Waals surface area contributed by atoms with Crippen molar-refractivity contribution in [2.24, 2.45) is 0 Å². The van der Waals surface area contributed by atoms with Gasteiger partial charge in [0.1, 0.15) is 10.6 Å². The predicted molar refractivity (Wildman–Crippen MR) is 112 cm³/mol. The first kappa shape index (κ1) is 18.9. The van der Waals surface area contributed by atoms with Crippen LogP contribution in [0.3, 0.4) is 0 Å².